The number of amides is 2. The van der Waals surface area contributed by atoms with Crippen molar-refractivity contribution < 1.29 is 9.59 Å². The number of rotatable bonds is 5. The van der Waals surface area contributed by atoms with E-state index >= 15 is 0 Å². The molecular weight excluding hydrogens is 468 g/mol. The highest BCUT2D eigenvalue weighted by Crippen LogP contribution is 2.38. The van der Waals surface area contributed by atoms with Crippen LogP contribution in [0.2, 0.25) is 0 Å². The van der Waals surface area contributed by atoms with Gasteiger partial charge in [0.25, 0.3) is 5.91 Å². The highest BCUT2D eigenvalue weighted by molar-refractivity contribution is 6.03. The Morgan fingerprint density at radius 1 is 1.22 bits per heavy atom. The van der Waals surface area contributed by atoms with E-state index in [1.54, 1.807) is 21.7 Å². The minimum atomic E-state index is -0.560. The molecule has 0 spiro atoms. The van der Waals surface area contributed by atoms with Crippen LogP contribution in [-0.2, 0) is 4.79 Å². The van der Waals surface area contributed by atoms with E-state index < -0.39 is 5.91 Å². The summed E-state index contributed by atoms with van der Waals surface area (Å²) in [7, 11) is 0. The fourth-order valence-corrected chi connectivity index (χ4v) is 5.47. The third-order valence-electron chi connectivity index (χ3n) is 7.47. The highest BCUT2D eigenvalue weighted by atomic mass is 16.2. The van der Waals surface area contributed by atoms with E-state index in [4.69, 9.17) is 11.0 Å². The minimum Gasteiger partial charge on any atom is -0.379 e. The molecule has 0 unspecified atom stereocenters. The Hall–Kier alpha value is -4.13. The number of primary amides is 1. The summed E-state index contributed by atoms with van der Waals surface area (Å²) in [6.45, 7) is 10.6. The van der Waals surface area contributed by atoms with Crippen LogP contribution in [0.15, 0.2) is 36.8 Å². The summed E-state index contributed by atoms with van der Waals surface area (Å²) in [5.74, 6) is 0.357. The van der Waals surface area contributed by atoms with Crippen molar-refractivity contribution in [1.82, 2.24) is 14.6 Å². The first-order valence-corrected chi connectivity index (χ1v) is 12.5. The summed E-state index contributed by atoms with van der Waals surface area (Å²) >= 11 is 0. The quantitative estimate of drug-likeness (QED) is 0.550. The molecule has 0 aromatic carbocycles. The number of fused-ring (bicyclic) bond motifs is 1. The fourth-order valence-electron chi connectivity index (χ4n) is 5.47. The van der Waals surface area contributed by atoms with Crippen LogP contribution < -0.4 is 20.9 Å². The molecule has 0 radical (unpaired) electrons. The molecule has 10 heteroatoms. The van der Waals surface area contributed by atoms with Crippen LogP contribution in [0.25, 0.3) is 5.52 Å². The molecule has 2 saturated heterocycles. The number of hydrogen-bond acceptors (Lipinski definition) is 7. The van der Waals surface area contributed by atoms with E-state index in [1.165, 1.54) is 6.20 Å². The average molecular weight is 501 g/mol. The van der Waals surface area contributed by atoms with Gasteiger partial charge in [0.15, 0.2) is 0 Å². The summed E-state index contributed by atoms with van der Waals surface area (Å²) in [6.07, 6.45) is 6.20. The zero-order valence-electron chi connectivity index (χ0n) is 21.7. The Bertz CT molecular complexity index is 1420. The molecule has 2 fully saturated rings. The van der Waals surface area contributed by atoms with E-state index in [9.17, 15) is 9.59 Å². The summed E-state index contributed by atoms with van der Waals surface area (Å²) in [5.41, 5.74) is 8.41. The predicted octanol–water partition coefficient (Wildman–Crippen LogP) is 3.18. The standard InChI is InChI=1S/C27H32N8O2/c1-26(2)10-23(36)34(15-26)18-9-20-24(19(25(29)37)13-31-35(20)14-18)32-21-7-8-33(16-27(21,3)4)22-6-5-17(11-28)12-30-22/h5-6,9,12-14,21,32H,7-8,10,15-16H2,1-4H3,(H2,29,37)/t21-/m1/s1. The first-order chi connectivity index (χ1) is 17.5. The first-order valence-electron chi connectivity index (χ1n) is 12.5. The number of anilines is 3. The summed E-state index contributed by atoms with van der Waals surface area (Å²) in [6, 6.07) is 7.71. The van der Waals surface area contributed by atoms with Gasteiger partial charge in [0.05, 0.1) is 40.4 Å². The molecule has 2 aliphatic heterocycles. The van der Waals surface area contributed by atoms with Gasteiger partial charge in [-0.15, -0.1) is 0 Å². The zero-order chi connectivity index (χ0) is 26.5. The Kier molecular flexibility index (Phi) is 5.82. The van der Waals surface area contributed by atoms with Crippen LogP contribution in [0, 0.1) is 22.2 Å². The molecule has 192 valence electrons. The number of carbonyl (C=O) groups is 2. The van der Waals surface area contributed by atoms with Gasteiger partial charge < -0.3 is 20.9 Å². The second-order valence-electron chi connectivity index (χ2n) is 11.6. The number of carbonyl (C=O) groups excluding carboxylic acids is 2. The maximum absolute atomic E-state index is 12.7. The first kappa shape index (κ1) is 24.6. The van der Waals surface area contributed by atoms with Crippen LogP contribution in [0.3, 0.4) is 0 Å². The maximum atomic E-state index is 12.7. The van der Waals surface area contributed by atoms with Gasteiger partial charge in [0, 0.05) is 43.7 Å². The third kappa shape index (κ3) is 4.57. The van der Waals surface area contributed by atoms with Crippen molar-refractivity contribution in [3.05, 3.63) is 47.9 Å². The van der Waals surface area contributed by atoms with E-state index in [1.807, 2.05) is 18.3 Å². The molecule has 1 atom stereocenters. The summed E-state index contributed by atoms with van der Waals surface area (Å²) in [5, 5.41) is 17.1. The lowest BCUT2D eigenvalue weighted by molar-refractivity contribution is -0.117. The third-order valence-corrected chi connectivity index (χ3v) is 7.47. The monoisotopic (exact) mass is 500 g/mol. The fraction of sp³-hybridized carbons (Fsp3) is 0.444. The van der Waals surface area contributed by atoms with E-state index in [0.717, 1.165) is 31.0 Å². The van der Waals surface area contributed by atoms with Crippen molar-refractivity contribution in [2.45, 2.75) is 46.6 Å². The van der Waals surface area contributed by atoms with Gasteiger partial charge in [0.2, 0.25) is 5.91 Å². The number of hydrogen-bond donors (Lipinski definition) is 2. The number of aromatic nitrogens is 3. The predicted molar refractivity (Wildman–Crippen MR) is 141 cm³/mol. The lowest BCUT2D eigenvalue weighted by Gasteiger charge is -2.45. The topological polar surface area (TPSA) is 133 Å². The van der Waals surface area contributed by atoms with Gasteiger partial charge >= 0.3 is 0 Å². The van der Waals surface area contributed by atoms with Gasteiger partial charge in [-0.2, -0.15) is 10.4 Å². The summed E-state index contributed by atoms with van der Waals surface area (Å²) in [4.78, 5) is 33.5. The molecular formula is C27H32N8O2. The molecule has 2 aliphatic rings. The van der Waals surface area contributed by atoms with Gasteiger partial charge in [0.1, 0.15) is 11.9 Å². The van der Waals surface area contributed by atoms with Crippen molar-refractivity contribution in [3.63, 3.8) is 0 Å². The Morgan fingerprint density at radius 2 is 2.00 bits per heavy atom. The molecule has 3 aromatic rings. The molecule has 0 bridgehead atoms. The number of nitrogens with two attached hydrogens (primary N) is 1. The smallest absolute Gasteiger partial charge is 0.252 e. The number of nitriles is 1. The Balaban J connectivity index is 1.44. The van der Waals surface area contributed by atoms with Crippen molar-refractivity contribution in [2.24, 2.45) is 16.6 Å². The SMILES string of the molecule is CC1(C)CC(=O)N(c2cc3c(N[C@@H]4CCN(c5ccc(C#N)cn5)CC4(C)C)c(C(N)=O)cnn3c2)C1. The van der Waals surface area contributed by atoms with E-state index in [0.29, 0.717) is 35.3 Å². The molecule has 0 saturated carbocycles. The molecule has 0 aliphatic carbocycles. The lowest BCUT2D eigenvalue weighted by atomic mass is 9.78. The van der Waals surface area contributed by atoms with Gasteiger partial charge in [-0.05, 0) is 30.0 Å². The van der Waals surface area contributed by atoms with Crippen LogP contribution in [-0.4, -0.2) is 52.1 Å². The molecule has 3 aromatic heterocycles. The molecule has 2 amide bonds. The largest absolute Gasteiger partial charge is 0.379 e. The van der Waals surface area contributed by atoms with Crippen molar-refractivity contribution in [2.75, 3.05) is 34.8 Å². The van der Waals surface area contributed by atoms with E-state index in [-0.39, 0.29) is 22.8 Å². The Morgan fingerprint density at radius 3 is 2.59 bits per heavy atom. The Labute approximate surface area is 216 Å². The number of piperidine rings is 1. The molecule has 5 rings (SSSR count). The summed E-state index contributed by atoms with van der Waals surface area (Å²) < 4.78 is 1.70. The van der Waals surface area contributed by atoms with Crippen LogP contribution in [0.5, 0.6) is 0 Å². The van der Waals surface area contributed by atoms with Crippen molar-refractivity contribution in [3.8, 4) is 6.07 Å². The molecule has 10 nitrogen and oxygen atoms in total. The van der Waals surface area contributed by atoms with E-state index in [2.05, 4.69) is 54.1 Å². The minimum absolute atomic E-state index is 0.0390. The van der Waals surface area contributed by atoms with Crippen molar-refractivity contribution >= 4 is 34.5 Å². The second-order valence-corrected chi connectivity index (χ2v) is 11.6. The van der Waals surface area contributed by atoms with Gasteiger partial charge in [-0.1, -0.05) is 27.7 Å². The average Bonchev–Trinajstić information content (AvgIpc) is 3.39. The second kappa shape index (κ2) is 8.76. The van der Waals surface area contributed by atoms with Crippen LogP contribution in [0.1, 0.15) is 56.5 Å². The maximum Gasteiger partial charge on any atom is 0.252 e. The number of pyridine rings is 1. The number of nitrogens with one attached hydrogen (secondary N) is 1. The highest BCUT2D eigenvalue weighted by Gasteiger charge is 2.39. The number of nitrogens with zero attached hydrogens (tertiary/aromatic N) is 6. The van der Waals surface area contributed by atoms with Gasteiger partial charge in [-0.3, -0.25) is 9.59 Å². The van der Waals surface area contributed by atoms with Crippen molar-refractivity contribution in [1.29, 1.82) is 5.26 Å². The van der Waals surface area contributed by atoms with Crippen LogP contribution >= 0.6 is 0 Å². The lowest BCUT2D eigenvalue weighted by Crippen LogP contribution is -2.52. The normalized spacial score (nSPS) is 20.7. The van der Waals surface area contributed by atoms with Crippen LogP contribution in [0.4, 0.5) is 17.2 Å². The molecule has 37 heavy (non-hydrogen) atoms. The van der Waals surface area contributed by atoms with Gasteiger partial charge in [-0.25, -0.2) is 9.50 Å². The molecule has 3 N–H and O–H groups in total. The molecule has 5 heterocycles. The zero-order valence-corrected chi connectivity index (χ0v) is 21.7.